The van der Waals surface area contributed by atoms with Gasteiger partial charge in [-0.05, 0) is 35.9 Å². The Labute approximate surface area is 166 Å². The van der Waals surface area contributed by atoms with Crippen molar-refractivity contribution in [2.24, 2.45) is 0 Å². The number of hydrogen-bond acceptors (Lipinski definition) is 5. The summed E-state index contributed by atoms with van der Waals surface area (Å²) in [6.45, 7) is -0.674. The van der Waals surface area contributed by atoms with E-state index in [4.69, 9.17) is 16.3 Å². The number of nitrogens with one attached hydrogen (secondary N) is 1. The predicted octanol–water partition coefficient (Wildman–Crippen LogP) is 4.46. The lowest BCUT2D eigenvalue weighted by Gasteiger charge is -2.06. The summed E-state index contributed by atoms with van der Waals surface area (Å²) in [7, 11) is 0. The SMILES string of the molecule is O=C(COC(=O)/C=C/c1ccc(C(F)(F)F)cc1)Nc1ccc(Cl)c([N+](=O)[O-])c1. The zero-order chi connectivity index (χ0) is 21.6. The highest BCUT2D eigenvalue weighted by atomic mass is 35.5. The first-order valence-corrected chi connectivity index (χ1v) is 8.20. The molecule has 1 amide bonds. The van der Waals surface area contributed by atoms with Crippen molar-refractivity contribution in [3.63, 3.8) is 0 Å². The van der Waals surface area contributed by atoms with Crippen molar-refractivity contribution in [2.45, 2.75) is 6.18 Å². The molecule has 0 bridgehead atoms. The van der Waals surface area contributed by atoms with E-state index >= 15 is 0 Å². The Balaban J connectivity index is 1.87. The Kier molecular flexibility index (Phi) is 6.94. The van der Waals surface area contributed by atoms with Crippen molar-refractivity contribution in [2.75, 3.05) is 11.9 Å². The van der Waals surface area contributed by atoms with Crippen molar-refractivity contribution < 1.29 is 32.4 Å². The largest absolute Gasteiger partial charge is 0.452 e. The number of alkyl halides is 3. The van der Waals surface area contributed by atoms with Gasteiger partial charge < -0.3 is 10.1 Å². The first-order valence-electron chi connectivity index (χ1n) is 7.82. The molecule has 0 unspecified atom stereocenters. The molecule has 0 atom stereocenters. The Morgan fingerprint density at radius 3 is 2.41 bits per heavy atom. The Hall–Kier alpha value is -3.40. The van der Waals surface area contributed by atoms with Crippen LogP contribution in [-0.2, 0) is 20.5 Å². The molecule has 11 heteroatoms. The van der Waals surface area contributed by atoms with Crippen LogP contribution in [0.25, 0.3) is 6.08 Å². The number of carbonyl (C=O) groups is 2. The van der Waals surface area contributed by atoms with Gasteiger partial charge in [-0.25, -0.2) is 4.79 Å². The van der Waals surface area contributed by atoms with Gasteiger partial charge >= 0.3 is 12.1 Å². The van der Waals surface area contributed by atoms with E-state index in [2.05, 4.69) is 5.32 Å². The van der Waals surface area contributed by atoms with E-state index in [0.29, 0.717) is 5.56 Å². The second-order valence-corrected chi connectivity index (χ2v) is 5.94. The van der Waals surface area contributed by atoms with Gasteiger partial charge in [-0.2, -0.15) is 13.2 Å². The van der Waals surface area contributed by atoms with E-state index < -0.39 is 40.8 Å². The summed E-state index contributed by atoms with van der Waals surface area (Å²) in [5.74, 6) is -1.65. The Bertz CT molecular complexity index is 959. The van der Waals surface area contributed by atoms with Gasteiger partial charge in [0.15, 0.2) is 6.61 Å². The monoisotopic (exact) mass is 428 g/mol. The minimum Gasteiger partial charge on any atom is -0.452 e. The normalized spacial score (nSPS) is 11.3. The molecule has 7 nitrogen and oxygen atoms in total. The number of amides is 1. The van der Waals surface area contributed by atoms with E-state index in [1.807, 2.05) is 0 Å². The third-order valence-corrected chi connectivity index (χ3v) is 3.74. The molecule has 0 aliphatic heterocycles. The molecule has 0 spiro atoms. The van der Waals surface area contributed by atoms with Gasteiger partial charge in [0.1, 0.15) is 5.02 Å². The quantitative estimate of drug-likeness (QED) is 0.317. The Morgan fingerprint density at radius 1 is 1.17 bits per heavy atom. The third kappa shape index (κ3) is 6.61. The van der Waals surface area contributed by atoms with Crippen molar-refractivity contribution in [1.82, 2.24) is 0 Å². The maximum absolute atomic E-state index is 12.5. The summed E-state index contributed by atoms with van der Waals surface area (Å²) in [5, 5.41) is 13.0. The summed E-state index contributed by atoms with van der Waals surface area (Å²) in [5.41, 5.74) is -0.812. The van der Waals surface area contributed by atoms with Crippen LogP contribution in [0.15, 0.2) is 48.5 Å². The van der Waals surface area contributed by atoms with Gasteiger partial charge in [0.25, 0.3) is 11.6 Å². The molecule has 152 valence electrons. The molecule has 2 aromatic rings. The van der Waals surface area contributed by atoms with Crippen molar-refractivity contribution >= 4 is 40.9 Å². The molecule has 0 saturated carbocycles. The Morgan fingerprint density at radius 2 is 1.83 bits per heavy atom. The molecular formula is C18H12ClF3N2O5. The molecule has 0 heterocycles. The summed E-state index contributed by atoms with van der Waals surface area (Å²) in [6, 6.07) is 7.69. The fourth-order valence-electron chi connectivity index (χ4n) is 2.06. The number of nitro groups is 1. The maximum Gasteiger partial charge on any atom is 0.416 e. The van der Waals surface area contributed by atoms with Crippen LogP contribution in [0.1, 0.15) is 11.1 Å². The second kappa shape index (κ2) is 9.20. The van der Waals surface area contributed by atoms with Gasteiger partial charge in [0, 0.05) is 17.8 Å². The number of rotatable bonds is 6. The zero-order valence-electron chi connectivity index (χ0n) is 14.4. The first-order chi connectivity index (χ1) is 13.6. The van der Waals surface area contributed by atoms with Gasteiger partial charge in [-0.1, -0.05) is 23.7 Å². The highest BCUT2D eigenvalue weighted by Crippen LogP contribution is 2.29. The van der Waals surface area contributed by atoms with Crippen molar-refractivity contribution in [3.05, 3.63) is 74.8 Å². The highest BCUT2D eigenvalue weighted by Gasteiger charge is 2.29. The van der Waals surface area contributed by atoms with Crippen molar-refractivity contribution in [3.8, 4) is 0 Å². The molecule has 0 fully saturated rings. The number of esters is 1. The lowest BCUT2D eigenvalue weighted by molar-refractivity contribution is -0.384. The summed E-state index contributed by atoms with van der Waals surface area (Å²) < 4.78 is 42.1. The molecular weight excluding hydrogens is 417 g/mol. The standard InChI is InChI=1S/C18H12ClF3N2O5/c19-14-7-6-13(9-15(14)24(27)28)23-16(25)10-29-17(26)8-3-11-1-4-12(5-2-11)18(20,21)22/h1-9H,10H2,(H,23,25)/b8-3+. The van der Waals surface area contributed by atoms with Crippen LogP contribution >= 0.6 is 11.6 Å². The molecule has 2 aromatic carbocycles. The number of ether oxygens (including phenoxy) is 1. The van der Waals surface area contributed by atoms with Crippen molar-refractivity contribution in [1.29, 1.82) is 0 Å². The smallest absolute Gasteiger partial charge is 0.416 e. The average Bonchev–Trinajstić information content (AvgIpc) is 2.65. The van der Waals surface area contributed by atoms with E-state index in [0.717, 1.165) is 24.3 Å². The lowest BCUT2D eigenvalue weighted by Crippen LogP contribution is -2.20. The summed E-state index contributed by atoms with van der Waals surface area (Å²) in [4.78, 5) is 33.5. The van der Waals surface area contributed by atoms with E-state index in [1.54, 1.807) is 0 Å². The van der Waals surface area contributed by atoms with Crippen LogP contribution in [0.5, 0.6) is 0 Å². The van der Waals surface area contributed by atoms with Gasteiger partial charge in [-0.3, -0.25) is 14.9 Å². The van der Waals surface area contributed by atoms with Crippen LogP contribution in [-0.4, -0.2) is 23.4 Å². The van der Waals surface area contributed by atoms with Crippen LogP contribution < -0.4 is 5.32 Å². The van der Waals surface area contributed by atoms with E-state index in [1.165, 1.54) is 30.3 Å². The highest BCUT2D eigenvalue weighted by molar-refractivity contribution is 6.32. The third-order valence-electron chi connectivity index (χ3n) is 3.42. The molecule has 0 saturated heterocycles. The fraction of sp³-hybridized carbons (Fsp3) is 0.111. The van der Waals surface area contributed by atoms with Gasteiger partial charge in [0.05, 0.1) is 10.5 Å². The number of benzene rings is 2. The topological polar surface area (TPSA) is 98.5 Å². The van der Waals surface area contributed by atoms with Gasteiger partial charge in [-0.15, -0.1) is 0 Å². The van der Waals surface area contributed by atoms with Crippen LogP contribution in [0.4, 0.5) is 24.5 Å². The molecule has 0 aliphatic rings. The number of nitrogens with zero attached hydrogens (tertiary/aromatic N) is 1. The van der Waals surface area contributed by atoms with Crippen LogP contribution in [0, 0.1) is 10.1 Å². The molecule has 0 aliphatic carbocycles. The molecule has 2 rings (SSSR count). The zero-order valence-corrected chi connectivity index (χ0v) is 15.2. The lowest BCUT2D eigenvalue weighted by atomic mass is 10.1. The molecule has 29 heavy (non-hydrogen) atoms. The minimum atomic E-state index is -4.46. The average molecular weight is 429 g/mol. The predicted molar refractivity (Wildman–Crippen MR) is 98.2 cm³/mol. The molecule has 0 aromatic heterocycles. The second-order valence-electron chi connectivity index (χ2n) is 5.53. The number of anilines is 1. The van der Waals surface area contributed by atoms with Crippen LogP contribution in [0.3, 0.4) is 0 Å². The fourth-order valence-corrected chi connectivity index (χ4v) is 2.25. The van der Waals surface area contributed by atoms with E-state index in [9.17, 15) is 32.9 Å². The molecule has 0 radical (unpaired) electrons. The van der Waals surface area contributed by atoms with Crippen LogP contribution in [0.2, 0.25) is 5.02 Å². The number of nitro benzene ring substituents is 1. The van der Waals surface area contributed by atoms with E-state index in [-0.39, 0.29) is 10.7 Å². The van der Waals surface area contributed by atoms with Gasteiger partial charge in [0.2, 0.25) is 0 Å². The number of hydrogen-bond donors (Lipinski definition) is 1. The number of carbonyl (C=O) groups excluding carboxylic acids is 2. The number of halogens is 4. The maximum atomic E-state index is 12.5. The minimum absolute atomic E-state index is 0.0856. The summed E-state index contributed by atoms with van der Waals surface area (Å²) >= 11 is 5.66. The molecule has 1 N–H and O–H groups in total. The first kappa shape index (κ1) is 21.9. The summed E-state index contributed by atoms with van der Waals surface area (Å²) in [6.07, 6.45) is -2.29.